The van der Waals surface area contributed by atoms with Crippen molar-refractivity contribution < 1.29 is 9.53 Å². The van der Waals surface area contributed by atoms with Crippen LogP contribution in [0.4, 0.5) is 0 Å². The van der Waals surface area contributed by atoms with Crippen LogP contribution in [0.25, 0.3) is 0 Å². The first-order valence-corrected chi connectivity index (χ1v) is 4.72. The molecule has 0 unspecified atom stereocenters. The van der Waals surface area contributed by atoms with Gasteiger partial charge in [-0.2, -0.15) is 0 Å². The average Bonchev–Trinajstić information content (AvgIpc) is 2.30. The summed E-state index contributed by atoms with van der Waals surface area (Å²) in [5.41, 5.74) is 1.94. The highest BCUT2D eigenvalue weighted by Gasteiger charge is 2.14. The third-order valence-corrected chi connectivity index (χ3v) is 2.33. The topological polar surface area (TPSA) is 26.3 Å². The maximum absolute atomic E-state index is 10.6. The molecule has 2 nitrogen and oxygen atoms in total. The molecule has 0 aliphatic carbocycles. The first kappa shape index (κ1) is 9.16. The van der Waals surface area contributed by atoms with E-state index in [0.29, 0.717) is 6.61 Å². The number of carbonyl (C=O) groups excluding carboxylic acids is 1. The Hall–Kier alpha value is -1.41. The average molecular weight is 188 g/mol. The maximum atomic E-state index is 10.6. The molecule has 72 valence electrons. The number of aldehydes is 1. The molecular weight excluding hydrogens is 176 g/mol. The van der Waals surface area contributed by atoms with E-state index in [1.54, 1.807) is 0 Å². The van der Waals surface area contributed by atoms with E-state index in [9.17, 15) is 4.79 Å². The SMILES string of the molecule is O=CC1=C[C@H](c2ccccc2)OCC1. The molecule has 0 aromatic heterocycles. The normalized spacial score (nSPS) is 21.4. The van der Waals surface area contributed by atoms with Crippen LogP contribution in [0, 0.1) is 0 Å². The molecule has 0 bridgehead atoms. The van der Waals surface area contributed by atoms with Gasteiger partial charge < -0.3 is 4.74 Å². The highest BCUT2D eigenvalue weighted by atomic mass is 16.5. The van der Waals surface area contributed by atoms with Crippen LogP contribution >= 0.6 is 0 Å². The zero-order chi connectivity index (χ0) is 9.80. The fourth-order valence-electron chi connectivity index (χ4n) is 1.56. The molecule has 2 rings (SSSR count). The van der Waals surface area contributed by atoms with E-state index in [4.69, 9.17) is 4.74 Å². The Labute approximate surface area is 83.2 Å². The van der Waals surface area contributed by atoms with Gasteiger partial charge in [-0.3, -0.25) is 4.79 Å². The van der Waals surface area contributed by atoms with Crippen LogP contribution in [0.15, 0.2) is 42.0 Å². The van der Waals surface area contributed by atoms with Crippen molar-refractivity contribution >= 4 is 6.29 Å². The largest absolute Gasteiger partial charge is 0.369 e. The van der Waals surface area contributed by atoms with Crippen LogP contribution in [0.5, 0.6) is 0 Å². The van der Waals surface area contributed by atoms with Gasteiger partial charge in [-0.15, -0.1) is 0 Å². The number of benzene rings is 1. The predicted octanol–water partition coefficient (Wildman–Crippen LogP) is 2.27. The molecule has 1 aromatic rings. The number of carbonyl (C=O) groups is 1. The second-order valence-electron chi connectivity index (χ2n) is 3.31. The molecule has 0 fully saturated rings. The third kappa shape index (κ3) is 1.91. The van der Waals surface area contributed by atoms with Gasteiger partial charge in [-0.1, -0.05) is 30.3 Å². The number of rotatable bonds is 2. The van der Waals surface area contributed by atoms with E-state index < -0.39 is 0 Å². The number of ether oxygens (including phenoxy) is 1. The van der Waals surface area contributed by atoms with Crippen LogP contribution < -0.4 is 0 Å². The molecule has 2 heteroatoms. The predicted molar refractivity (Wildman–Crippen MR) is 53.9 cm³/mol. The third-order valence-electron chi connectivity index (χ3n) is 2.33. The first-order chi connectivity index (χ1) is 6.90. The second kappa shape index (κ2) is 4.20. The van der Waals surface area contributed by atoms with Gasteiger partial charge in [-0.05, 0) is 23.6 Å². The van der Waals surface area contributed by atoms with Crippen LogP contribution in [-0.2, 0) is 9.53 Å². The lowest BCUT2D eigenvalue weighted by Gasteiger charge is -2.19. The van der Waals surface area contributed by atoms with E-state index in [2.05, 4.69) is 0 Å². The van der Waals surface area contributed by atoms with Crippen LogP contribution in [0.1, 0.15) is 18.1 Å². The molecule has 0 saturated heterocycles. The lowest BCUT2D eigenvalue weighted by molar-refractivity contribution is -0.105. The van der Waals surface area contributed by atoms with Crippen molar-refractivity contribution in [2.24, 2.45) is 0 Å². The van der Waals surface area contributed by atoms with Gasteiger partial charge >= 0.3 is 0 Å². The van der Waals surface area contributed by atoms with Crippen molar-refractivity contribution in [2.75, 3.05) is 6.61 Å². The van der Waals surface area contributed by atoms with Gasteiger partial charge in [0.25, 0.3) is 0 Å². The molecule has 0 spiro atoms. The summed E-state index contributed by atoms with van der Waals surface area (Å²) in [6.07, 6.45) is 3.49. The van der Waals surface area contributed by atoms with Crippen molar-refractivity contribution in [3.8, 4) is 0 Å². The van der Waals surface area contributed by atoms with Crippen molar-refractivity contribution in [1.82, 2.24) is 0 Å². The molecule has 0 radical (unpaired) electrons. The fraction of sp³-hybridized carbons (Fsp3) is 0.250. The van der Waals surface area contributed by atoms with Crippen LogP contribution in [-0.4, -0.2) is 12.9 Å². The number of hydrogen-bond donors (Lipinski definition) is 0. The zero-order valence-corrected chi connectivity index (χ0v) is 7.85. The number of hydrogen-bond acceptors (Lipinski definition) is 2. The van der Waals surface area contributed by atoms with Crippen molar-refractivity contribution in [3.05, 3.63) is 47.5 Å². The van der Waals surface area contributed by atoms with Gasteiger partial charge in [0.2, 0.25) is 0 Å². The summed E-state index contributed by atoms with van der Waals surface area (Å²) in [5, 5.41) is 0. The van der Waals surface area contributed by atoms with Gasteiger partial charge in [0, 0.05) is 0 Å². The van der Waals surface area contributed by atoms with Crippen molar-refractivity contribution in [1.29, 1.82) is 0 Å². The summed E-state index contributed by atoms with van der Waals surface area (Å²) in [6, 6.07) is 9.93. The Morgan fingerprint density at radius 2 is 2.07 bits per heavy atom. The molecular formula is C12H12O2. The molecule has 0 saturated carbocycles. The summed E-state index contributed by atoms with van der Waals surface area (Å²) in [7, 11) is 0. The van der Waals surface area contributed by atoms with Crippen LogP contribution in [0.2, 0.25) is 0 Å². The van der Waals surface area contributed by atoms with E-state index in [1.807, 2.05) is 36.4 Å². The Kier molecular flexibility index (Phi) is 2.75. The zero-order valence-electron chi connectivity index (χ0n) is 7.85. The molecule has 14 heavy (non-hydrogen) atoms. The monoisotopic (exact) mass is 188 g/mol. The van der Waals surface area contributed by atoms with E-state index in [0.717, 1.165) is 23.8 Å². The standard InChI is InChI=1S/C12H12O2/c13-9-10-6-7-14-12(8-10)11-4-2-1-3-5-11/h1-5,8-9,12H,6-7H2/t12-/m1/s1. The Bertz CT molecular complexity index is 341. The van der Waals surface area contributed by atoms with Gasteiger partial charge in [0.15, 0.2) is 0 Å². The summed E-state index contributed by atoms with van der Waals surface area (Å²) in [6.45, 7) is 0.629. The minimum absolute atomic E-state index is 0.0508. The molecule has 1 aliphatic rings. The van der Waals surface area contributed by atoms with Gasteiger partial charge in [0.05, 0.1) is 6.61 Å². The summed E-state index contributed by atoms with van der Waals surface area (Å²) in [5.74, 6) is 0. The Balaban J connectivity index is 2.23. The molecule has 1 heterocycles. The smallest absolute Gasteiger partial charge is 0.145 e. The van der Waals surface area contributed by atoms with Crippen molar-refractivity contribution in [2.45, 2.75) is 12.5 Å². The Morgan fingerprint density at radius 3 is 2.79 bits per heavy atom. The highest BCUT2D eigenvalue weighted by molar-refractivity contribution is 5.73. The summed E-state index contributed by atoms with van der Waals surface area (Å²) in [4.78, 5) is 10.6. The minimum Gasteiger partial charge on any atom is -0.369 e. The molecule has 1 aromatic carbocycles. The van der Waals surface area contributed by atoms with Crippen LogP contribution in [0.3, 0.4) is 0 Å². The highest BCUT2D eigenvalue weighted by Crippen LogP contribution is 2.24. The summed E-state index contributed by atoms with van der Waals surface area (Å²) < 4.78 is 5.56. The molecule has 0 amide bonds. The molecule has 1 aliphatic heterocycles. The minimum atomic E-state index is -0.0508. The lowest BCUT2D eigenvalue weighted by atomic mass is 10.0. The first-order valence-electron chi connectivity index (χ1n) is 4.72. The van der Waals surface area contributed by atoms with E-state index >= 15 is 0 Å². The van der Waals surface area contributed by atoms with E-state index in [1.165, 1.54) is 0 Å². The quantitative estimate of drug-likeness (QED) is 0.665. The van der Waals surface area contributed by atoms with Crippen molar-refractivity contribution in [3.63, 3.8) is 0 Å². The Morgan fingerprint density at radius 1 is 1.29 bits per heavy atom. The van der Waals surface area contributed by atoms with Gasteiger partial charge in [-0.25, -0.2) is 0 Å². The summed E-state index contributed by atoms with van der Waals surface area (Å²) >= 11 is 0. The lowest BCUT2D eigenvalue weighted by Crippen LogP contribution is -2.10. The van der Waals surface area contributed by atoms with E-state index in [-0.39, 0.29) is 6.10 Å². The maximum Gasteiger partial charge on any atom is 0.145 e. The van der Waals surface area contributed by atoms with Gasteiger partial charge in [0.1, 0.15) is 12.4 Å². The molecule has 1 atom stereocenters. The second-order valence-corrected chi connectivity index (χ2v) is 3.31. The fourth-order valence-corrected chi connectivity index (χ4v) is 1.56. The molecule has 0 N–H and O–H groups in total.